The maximum atomic E-state index is 3.58. The van der Waals surface area contributed by atoms with Gasteiger partial charge in [0.15, 0.2) is 0 Å². The molecule has 2 nitrogen and oxygen atoms in total. The van der Waals surface area contributed by atoms with Crippen molar-refractivity contribution in [2.24, 2.45) is 5.92 Å². The van der Waals surface area contributed by atoms with Crippen molar-refractivity contribution in [1.82, 2.24) is 10.2 Å². The minimum absolute atomic E-state index is 0.614. The Labute approximate surface area is 124 Å². The third kappa shape index (κ3) is 4.32. The molecule has 1 aromatic rings. The minimum Gasteiger partial charge on any atom is -0.314 e. The van der Waals surface area contributed by atoms with Crippen LogP contribution in [0.1, 0.15) is 43.4 Å². The fraction of sp³-hybridized carbons (Fsp3) is 0.667. The maximum absolute atomic E-state index is 3.58. The van der Waals surface area contributed by atoms with Gasteiger partial charge in [0.1, 0.15) is 0 Å². The molecule has 2 rings (SSSR count). The van der Waals surface area contributed by atoms with E-state index in [0.29, 0.717) is 6.04 Å². The summed E-state index contributed by atoms with van der Waals surface area (Å²) in [4.78, 5) is 2.63. The van der Waals surface area contributed by atoms with Crippen LogP contribution in [0.25, 0.3) is 0 Å². The lowest BCUT2D eigenvalue weighted by Crippen LogP contribution is -2.38. The third-order valence-electron chi connectivity index (χ3n) is 4.55. The van der Waals surface area contributed by atoms with Crippen LogP contribution in [0.5, 0.6) is 0 Å². The summed E-state index contributed by atoms with van der Waals surface area (Å²) in [5.41, 5.74) is 4.41. The van der Waals surface area contributed by atoms with Gasteiger partial charge in [-0.15, -0.1) is 0 Å². The second-order valence-corrected chi connectivity index (χ2v) is 6.65. The topological polar surface area (TPSA) is 15.3 Å². The second-order valence-electron chi connectivity index (χ2n) is 6.65. The van der Waals surface area contributed by atoms with Gasteiger partial charge in [-0.05, 0) is 68.9 Å². The molecule has 1 heterocycles. The third-order valence-corrected chi connectivity index (χ3v) is 4.55. The fourth-order valence-electron chi connectivity index (χ4n) is 3.07. The van der Waals surface area contributed by atoms with Crippen LogP contribution in [0.15, 0.2) is 18.2 Å². The molecule has 1 aliphatic heterocycles. The quantitative estimate of drug-likeness (QED) is 0.884. The number of nitrogens with zero attached hydrogens (tertiary/aromatic N) is 1. The standard InChI is InChI=1S/C18H30N2/c1-14(2)19-12-17-8-10-20(11-9-17)13-18-15(3)6-5-7-16(18)4/h5-7,14,17,19H,8-13H2,1-4H3. The summed E-state index contributed by atoms with van der Waals surface area (Å²) in [6.07, 6.45) is 2.68. The van der Waals surface area contributed by atoms with Crippen LogP contribution in [0.4, 0.5) is 0 Å². The zero-order chi connectivity index (χ0) is 14.5. The van der Waals surface area contributed by atoms with E-state index in [2.05, 4.69) is 56.1 Å². The summed E-state index contributed by atoms with van der Waals surface area (Å²) in [6, 6.07) is 7.25. The Bertz CT molecular complexity index is 397. The van der Waals surface area contributed by atoms with Crippen molar-refractivity contribution in [2.45, 2.75) is 53.1 Å². The zero-order valence-electron chi connectivity index (χ0n) is 13.6. The smallest absolute Gasteiger partial charge is 0.0238 e. The number of rotatable bonds is 5. The summed E-state index contributed by atoms with van der Waals surface area (Å²) in [6.45, 7) is 13.8. The van der Waals surface area contributed by atoms with Gasteiger partial charge in [-0.1, -0.05) is 32.0 Å². The lowest BCUT2D eigenvalue weighted by atomic mass is 9.95. The van der Waals surface area contributed by atoms with Crippen molar-refractivity contribution < 1.29 is 0 Å². The molecule has 0 spiro atoms. The molecule has 0 amide bonds. The van der Waals surface area contributed by atoms with Gasteiger partial charge in [-0.2, -0.15) is 0 Å². The van der Waals surface area contributed by atoms with Gasteiger partial charge in [-0.3, -0.25) is 4.90 Å². The molecule has 112 valence electrons. The van der Waals surface area contributed by atoms with Crippen molar-refractivity contribution in [3.63, 3.8) is 0 Å². The number of hydrogen-bond donors (Lipinski definition) is 1. The molecule has 0 bridgehead atoms. The Hall–Kier alpha value is -0.860. The molecule has 1 saturated heterocycles. The molecule has 1 fully saturated rings. The zero-order valence-corrected chi connectivity index (χ0v) is 13.6. The molecule has 0 aliphatic carbocycles. The first-order valence-corrected chi connectivity index (χ1v) is 8.07. The van der Waals surface area contributed by atoms with E-state index in [1.807, 2.05) is 0 Å². The fourth-order valence-corrected chi connectivity index (χ4v) is 3.07. The van der Waals surface area contributed by atoms with Crippen molar-refractivity contribution >= 4 is 0 Å². The highest BCUT2D eigenvalue weighted by molar-refractivity contribution is 5.33. The summed E-state index contributed by atoms with van der Waals surface area (Å²) >= 11 is 0. The van der Waals surface area contributed by atoms with Crippen LogP contribution in [-0.4, -0.2) is 30.6 Å². The van der Waals surface area contributed by atoms with Crippen LogP contribution < -0.4 is 5.32 Å². The van der Waals surface area contributed by atoms with Crippen molar-refractivity contribution in [3.8, 4) is 0 Å². The van der Waals surface area contributed by atoms with E-state index in [9.17, 15) is 0 Å². The molecular weight excluding hydrogens is 244 g/mol. The lowest BCUT2D eigenvalue weighted by molar-refractivity contribution is 0.173. The van der Waals surface area contributed by atoms with E-state index in [-0.39, 0.29) is 0 Å². The molecule has 0 aromatic heterocycles. The highest BCUT2D eigenvalue weighted by Crippen LogP contribution is 2.21. The van der Waals surface area contributed by atoms with E-state index in [0.717, 1.165) is 12.5 Å². The van der Waals surface area contributed by atoms with Gasteiger partial charge in [-0.25, -0.2) is 0 Å². The summed E-state index contributed by atoms with van der Waals surface area (Å²) in [5.74, 6) is 0.867. The predicted octanol–water partition coefficient (Wildman–Crippen LogP) is 3.51. The van der Waals surface area contributed by atoms with Gasteiger partial charge in [0.25, 0.3) is 0 Å². The van der Waals surface area contributed by atoms with Crippen LogP contribution in [0, 0.1) is 19.8 Å². The molecule has 1 aliphatic rings. The summed E-state index contributed by atoms with van der Waals surface area (Å²) in [5, 5.41) is 3.58. The lowest BCUT2D eigenvalue weighted by Gasteiger charge is -2.33. The minimum atomic E-state index is 0.614. The van der Waals surface area contributed by atoms with Crippen molar-refractivity contribution in [2.75, 3.05) is 19.6 Å². The van der Waals surface area contributed by atoms with Crippen molar-refractivity contribution in [1.29, 1.82) is 0 Å². The average Bonchev–Trinajstić information content (AvgIpc) is 2.42. The van der Waals surface area contributed by atoms with E-state index < -0.39 is 0 Å². The number of likely N-dealkylation sites (tertiary alicyclic amines) is 1. The monoisotopic (exact) mass is 274 g/mol. The van der Waals surface area contributed by atoms with E-state index in [4.69, 9.17) is 0 Å². The van der Waals surface area contributed by atoms with Gasteiger partial charge < -0.3 is 5.32 Å². The summed E-state index contributed by atoms with van der Waals surface area (Å²) < 4.78 is 0. The van der Waals surface area contributed by atoms with Gasteiger partial charge >= 0.3 is 0 Å². The molecule has 1 N–H and O–H groups in total. The van der Waals surface area contributed by atoms with E-state index in [1.54, 1.807) is 0 Å². The highest BCUT2D eigenvalue weighted by atomic mass is 15.1. The van der Waals surface area contributed by atoms with Crippen LogP contribution in [-0.2, 0) is 6.54 Å². The van der Waals surface area contributed by atoms with Crippen molar-refractivity contribution in [3.05, 3.63) is 34.9 Å². The molecule has 0 unspecified atom stereocenters. The van der Waals surface area contributed by atoms with E-state index >= 15 is 0 Å². The molecule has 1 aromatic carbocycles. The first-order chi connectivity index (χ1) is 9.56. The SMILES string of the molecule is Cc1cccc(C)c1CN1CCC(CNC(C)C)CC1. The first-order valence-electron chi connectivity index (χ1n) is 8.07. The Morgan fingerprint density at radius 2 is 1.75 bits per heavy atom. The Kier molecular flexibility index (Phi) is 5.62. The predicted molar refractivity (Wildman–Crippen MR) is 87.1 cm³/mol. The van der Waals surface area contributed by atoms with Gasteiger partial charge in [0.2, 0.25) is 0 Å². The van der Waals surface area contributed by atoms with Gasteiger partial charge in [0.05, 0.1) is 0 Å². The van der Waals surface area contributed by atoms with Crippen LogP contribution in [0.2, 0.25) is 0 Å². The molecule has 0 atom stereocenters. The highest BCUT2D eigenvalue weighted by Gasteiger charge is 2.20. The van der Waals surface area contributed by atoms with Crippen LogP contribution in [0.3, 0.4) is 0 Å². The van der Waals surface area contributed by atoms with E-state index in [1.165, 1.54) is 49.2 Å². The Morgan fingerprint density at radius 1 is 1.15 bits per heavy atom. The molecule has 0 saturated carbocycles. The van der Waals surface area contributed by atoms with Gasteiger partial charge in [0, 0.05) is 12.6 Å². The number of aryl methyl sites for hydroxylation is 2. The molecule has 2 heteroatoms. The normalized spacial score (nSPS) is 17.9. The number of nitrogens with one attached hydrogen (secondary N) is 1. The Balaban J connectivity index is 1.82. The first kappa shape index (κ1) is 15.5. The number of hydrogen-bond acceptors (Lipinski definition) is 2. The second kappa shape index (κ2) is 7.24. The number of piperidine rings is 1. The number of benzene rings is 1. The summed E-state index contributed by atoms with van der Waals surface area (Å²) in [7, 11) is 0. The molecule has 0 radical (unpaired) electrons. The molecule has 20 heavy (non-hydrogen) atoms. The molecular formula is C18H30N2. The maximum Gasteiger partial charge on any atom is 0.0238 e. The average molecular weight is 274 g/mol. The Morgan fingerprint density at radius 3 is 2.30 bits per heavy atom. The largest absolute Gasteiger partial charge is 0.314 e. The van der Waals surface area contributed by atoms with Crippen LogP contribution >= 0.6 is 0 Å².